The van der Waals surface area contributed by atoms with Crippen LogP contribution in [0.3, 0.4) is 0 Å². The van der Waals surface area contributed by atoms with Gasteiger partial charge in [-0.15, -0.1) is 0 Å². The Kier molecular flexibility index (Phi) is 5.08. The lowest BCUT2D eigenvalue weighted by molar-refractivity contribution is -0.143. The fourth-order valence-electron chi connectivity index (χ4n) is 1.60. The molecule has 0 bridgehead atoms. The van der Waals surface area contributed by atoms with Crippen molar-refractivity contribution < 1.29 is 27.9 Å². The van der Waals surface area contributed by atoms with Gasteiger partial charge in [-0.3, -0.25) is 4.79 Å². The number of hydrogen-bond donors (Lipinski definition) is 2. The van der Waals surface area contributed by atoms with Crippen LogP contribution < -0.4 is 4.72 Å². The molecule has 0 saturated carbocycles. The second-order valence-corrected chi connectivity index (χ2v) is 6.23. The Bertz CT molecular complexity index is 654. The zero-order valence-electron chi connectivity index (χ0n) is 11.9. The third kappa shape index (κ3) is 3.59. The molecule has 0 aromatic heterocycles. The Morgan fingerprint density at radius 2 is 1.90 bits per heavy atom. The number of carboxylic acids is 1. The summed E-state index contributed by atoms with van der Waals surface area (Å²) in [4.78, 5) is 22.5. The van der Waals surface area contributed by atoms with Crippen LogP contribution in [-0.2, 0) is 19.6 Å². The van der Waals surface area contributed by atoms with E-state index >= 15 is 0 Å². The molecule has 0 aliphatic rings. The first-order valence-electron chi connectivity index (χ1n) is 6.12. The predicted molar refractivity (Wildman–Crippen MR) is 74.4 cm³/mol. The first-order chi connectivity index (χ1) is 9.68. The Balaban J connectivity index is 3.33. The van der Waals surface area contributed by atoms with Crippen molar-refractivity contribution in [3.8, 4) is 0 Å². The maximum atomic E-state index is 12.4. The summed E-state index contributed by atoms with van der Waals surface area (Å²) >= 11 is 0. The van der Waals surface area contributed by atoms with Crippen LogP contribution in [0.25, 0.3) is 0 Å². The lowest BCUT2D eigenvalue weighted by Gasteiger charge is -2.24. The molecule has 0 fully saturated rings. The van der Waals surface area contributed by atoms with Gasteiger partial charge in [-0.25, -0.2) is 13.2 Å². The van der Waals surface area contributed by atoms with Crippen molar-refractivity contribution in [3.63, 3.8) is 0 Å². The molecule has 116 valence electrons. The Morgan fingerprint density at radius 1 is 1.33 bits per heavy atom. The Morgan fingerprint density at radius 3 is 2.38 bits per heavy atom. The maximum Gasteiger partial charge on any atom is 0.339 e. The van der Waals surface area contributed by atoms with Gasteiger partial charge in [0, 0.05) is 0 Å². The molecule has 0 saturated heterocycles. The summed E-state index contributed by atoms with van der Waals surface area (Å²) in [6.07, 6.45) is 0.0436. The lowest BCUT2D eigenvalue weighted by Crippen LogP contribution is -2.51. The SMILES string of the molecule is CCC(C)(NS(=O)(=O)c1ccccc1C(=O)OC)C(=O)O. The van der Waals surface area contributed by atoms with Crippen molar-refractivity contribution in [2.24, 2.45) is 0 Å². The number of carboxylic acid groups (broad SMARTS) is 1. The van der Waals surface area contributed by atoms with Crippen LogP contribution in [0.5, 0.6) is 0 Å². The summed E-state index contributed by atoms with van der Waals surface area (Å²) < 4.78 is 31.4. The summed E-state index contributed by atoms with van der Waals surface area (Å²) in [6, 6.07) is 5.43. The van der Waals surface area contributed by atoms with Crippen molar-refractivity contribution in [2.45, 2.75) is 30.7 Å². The zero-order valence-corrected chi connectivity index (χ0v) is 12.7. The summed E-state index contributed by atoms with van der Waals surface area (Å²) in [5.74, 6) is -2.12. The highest BCUT2D eigenvalue weighted by molar-refractivity contribution is 7.89. The smallest absolute Gasteiger partial charge is 0.339 e. The van der Waals surface area contributed by atoms with Crippen LogP contribution in [0.15, 0.2) is 29.2 Å². The third-order valence-electron chi connectivity index (χ3n) is 3.12. The van der Waals surface area contributed by atoms with Gasteiger partial charge >= 0.3 is 11.9 Å². The maximum absolute atomic E-state index is 12.4. The summed E-state index contributed by atoms with van der Waals surface area (Å²) in [7, 11) is -3.06. The molecule has 1 aromatic rings. The standard InChI is InChI=1S/C13H17NO6S/c1-4-13(2,12(16)17)14-21(18,19)10-8-6-5-7-9(10)11(15)20-3/h5-8,14H,4H2,1-3H3,(H,16,17). The van der Waals surface area contributed by atoms with Crippen LogP contribution in [0.2, 0.25) is 0 Å². The number of carbonyl (C=O) groups excluding carboxylic acids is 1. The van der Waals surface area contributed by atoms with E-state index in [0.29, 0.717) is 0 Å². The molecule has 1 unspecified atom stereocenters. The highest BCUT2D eigenvalue weighted by Crippen LogP contribution is 2.20. The van der Waals surface area contributed by atoms with E-state index in [1.54, 1.807) is 6.92 Å². The van der Waals surface area contributed by atoms with Gasteiger partial charge in [0.15, 0.2) is 0 Å². The normalized spacial score (nSPS) is 14.2. The Hall–Kier alpha value is -1.93. The number of carbonyl (C=O) groups is 2. The molecule has 2 N–H and O–H groups in total. The monoisotopic (exact) mass is 315 g/mol. The summed E-state index contributed by atoms with van der Waals surface area (Å²) in [6.45, 7) is 2.80. The van der Waals surface area contributed by atoms with Crippen molar-refractivity contribution >= 4 is 22.0 Å². The number of benzene rings is 1. The molecule has 1 atom stereocenters. The van der Waals surface area contributed by atoms with Crippen molar-refractivity contribution in [3.05, 3.63) is 29.8 Å². The van der Waals surface area contributed by atoms with Crippen molar-refractivity contribution in [1.82, 2.24) is 4.72 Å². The molecule has 0 radical (unpaired) electrons. The van der Waals surface area contributed by atoms with E-state index in [2.05, 4.69) is 9.46 Å². The average Bonchev–Trinajstić information content (AvgIpc) is 2.45. The fraction of sp³-hybridized carbons (Fsp3) is 0.385. The molecule has 1 rings (SSSR count). The number of aliphatic carboxylic acids is 1. The van der Waals surface area contributed by atoms with Crippen molar-refractivity contribution in [2.75, 3.05) is 7.11 Å². The van der Waals surface area contributed by atoms with Gasteiger partial charge in [0.25, 0.3) is 0 Å². The second kappa shape index (κ2) is 6.23. The third-order valence-corrected chi connectivity index (χ3v) is 4.77. The van der Waals surface area contributed by atoms with Crippen LogP contribution >= 0.6 is 0 Å². The minimum absolute atomic E-state index is 0.0436. The first-order valence-corrected chi connectivity index (χ1v) is 7.61. The van der Waals surface area contributed by atoms with E-state index in [9.17, 15) is 18.0 Å². The number of esters is 1. The van der Waals surface area contributed by atoms with E-state index in [-0.39, 0.29) is 16.9 Å². The molecule has 1 aromatic carbocycles. The number of nitrogens with one attached hydrogen (secondary N) is 1. The molecule has 0 aliphatic heterocycles. The van der Waals surface area contributed by atoms with Gasteiger partial charge in [0.2, 0.25) is 10.0 Å². The molecule has 0 spiro atoms. The van der Waals surface area contributed by atoms with Crippen LogP contribution in [0, 0.1) is 0 Å². The van der Waals surface area contributed by atoms with Gasteiger partial charge < -0.3 is 9.84 Å². The van der Waals surface area contributed by atoms with Crippen molar-refractivity contribution in [1.29, 1.82) is 0 Å². The molecule has 8 heteroatoms. The Labute approximate surface area is 123 Å². The van der Waals surface area contributed by atoms with Crippen LogP contribution in [-0.4, -0.2) is 38.1 Å². The number of sulfonamides is 1. The van der Waals surface area contributed by atoms with Crippen LogP contribution in [0.1, 0.15) is 30.6 Å². The topological polar surface area (TPSA) is 110 Å². The van der Waals surface area contributed by atoms with E-state index in [1.807, 2.05) is 0 Å². The number of ether oxygens (including phenoxy) is 1. The largest absolute Gasteiger partial charge is 0.480 e. The number of rotatable bonds is 6. The molecule has 0 aliphatic carbocycles. The summed E-state index contributed by atoms with van der Waals surface area (Å²) in [5, 5.41) is 9.15. The van der Waals surface area contributed by atoms with E-state index in [0.717, 1.165) is 7.11 Å². The van der Waals surface area contributed by atoms with E-state index in [4.69, 9.17) is 5.11 Å². The lowest BCUT2D eigenvalue weighted by atomic mass is 10.0. The average molecular weight is 315 g/mol. The highest BCUT2D eigenvalue weighted by atomic mass is 32.2. The molecule has 7 nitrogen and oxygen atoms in total. The minimum Gasteiger partial charge on any atom is -0.480 e. The predicted octanol–water partition coefficient (Wildman–Crippen LogP) is 1.00. The zero-order chi connectivity index (χ0) is 16.3. The minimum atomic E-state index is -4.19. The van der Waals surface area contributed by atoms with Gasteiger partial charge in [0.1, 0.15) is 5.54 Å². The van der Waals surface area contributed by atoms with Gasteiger partial charge in [-0.05, 0) is 25.5 Å². The van der Waals surface area contributed by atoms with Gasteiger partial charge in [-0.2, -0.15) is 4.72 Å². The van der Waals surface area contributed by atoms with Gasteiger partial charge in [0.05, 0.1) is 17.6 Å². The van der Waals surface area contributed by atoms with E-state index in [1.165, 1.54) is 31.2 Å². The number of methoxy groups -OCH3 is 1. The molecule has 21 heavy (non-hydrogen) atoms. The molecular weight excluding hydrogens is 298 g/mol. The van der Waals surface area contributed by atoms with Gasteiger partial charge in [-0.1, -0.05) is 19.1 Å². The number of hydrogen-bond acceptors (Lipinski definition) is 5. The molecule has 0 amide bonds. The van der Waals surface area contributed by atoms with E-state index < -0.39 is 27.5 Å². The molecule has 0 heterocycles. The second-order valence-electron chi connectivity index (χ2n) is 4.58. The highest BCUT2D eigenvalue weighted by Gasteiger charge is 2.37. The fourth-order valence-corrected chi connectivity index (χ4v) is 3.23. The quantitative estimate of drug-likeness (QED) is 0.758. The van der Waals surface area contributed by atoms with Crippen LogP contribution in [0.4, 0.5) is 0 Å². The summed E-state index contributed by atoms with van der Waals surface area (Å²) in [5.41, 5.74) is -1.82. The molecular formula is C13H17NO6S. The first kappa shape index (κ1) is 17.1.